The molecule has 0 bridgehead atoms. The molecule has 106 valence electrons. The van der Waals surface area contributed by atoms with Gasteiger partial charge in [0, 0.05) is 12.1 Å². The van der Waals surface area contributed by atoms with Crippen LogP contribution in [0, 0.1) is 5.82 Å². The zero-order chi connectivity index (χ0) is 13.8. The van der Waals surface area contributed by atoms with Crippen LogP contribution in [-0.2, 0) is 0 Å². The van der Waals surface area contributed by atoms with Gasteiger partial charge in [0.1, 0.15) is 5.82 Å². The lowest BCUT2D eigenvalue weighted by molar-refractivity contribution is 0.104. The van der Waals surface area contributed by atoms with Gasteiger partial charge in [-0.25, -0.2) is 4.39 Å². The van der Waals surface area contributed by atoms with E-state index < -0.39 is 0 Å². The van der Waals surface area contributed by atoms with Crippen LogP contribution in [0.15, 0.2) is 24.3 Å². The first kappa shape index (κ1) is 14.4. The maximum Gasteiger partial charge on any atom is 0.123 e. The van der Waals surface area contributed by atoms with E-state index in [2.05, 4.69) is 4.90 Å². The highest BCUT2D eigenvalue weighted by Gasteiger charge is 2.34. The van der Waals surface area contributed by atoms with Crippen LogP contribution >= 0.6 is 0 Å². The molecule has 3 N–H and O–H groups in total. The summed E-state index contributed by atoms with van der Waals surface area (Å²) in [7, 11) is 0. The Morgan fingerprint density at radius 1 is 1.53 bits per heavy atom. The van der Waals surface area contributed by atoms with Crippen molar-refractivity contribution in [2.24, 2.45) is 5.73 Å². The van der Waals surface area contributed by atoms with Crippen molar-refractivity contribution in [2.45, 2.75) is 44.3 Å². The molecule has 0 amide bonds. The van der Waals surface area contributed by atoms with E-state index in [1.54, 1.807) is 12.1 Å². The molecule has 2 rings (SSSR count). The van der Waals surface area contributed by atoms with Gasteiger partial charge in [0.2, 0.25) is 0 Å². The molecular weight excluding hydrogens is 243 g/mol. The largest absolute Gasteiger partial charge is 0.395 e. The molecule has 3 unspecified atom stereocenters. The van der Waals surface area contributed by atoms with Crippen molar-refractivity contribution in [1.29, 1.82) is 0 Å². The van der Waals surface area contributed by atoms with E-state index in [4.69, 9.17) is 5.73 Å². The number of hydrogen-bond donors (Lipinski definition) is 2. The van der Waals surface area contributed by atoms with Crippen molar-refractivity contribution in [3.8, 4) is 0 Å². The van der Waals surface area contributed by atoms with Gasteiger partial charge in [0.15, 0.2) is 0 Å². The Labute approximate surface area is 114 Å². The molecule has 1 aromatic rings. The predicted molar refractivity (Wildman–Crippen MR) is 74.2 cm³/mol. The third-order valence-electron chi connectivity index (χ3n) is 4.06. The maximum absolute atomic E-state index is 13.5. The molecule has 0 aliphatic carbocycles. The summed E-state index contributed by atoms with van der Waals surface area (Å²) in [5.41, 5.74) is 7.16. The Balaban J connectivity index is 2.30. The quantitative estimate of drug-likeness (QED) is 0.857. The van der Waals surface area contributed by atoms with Gasteiger partial charge >= 0.3 is 0 Å². The van der Waals surface area contributed by atoms with Crippen LogP contribution in [0.1, 0.15) is 37.8 Å². The Morgan fingerprint density at radius 2 is 2.32 bits per heavy atom. The molecule has 1 heterocycles. The lowest BCUT2D eigenvalue weighted by Crippen LogP contribution is -2.44. The molecular formula is C15H23FN2O. The molecule has 1 aliphatic heterocycles. The zero-order valence-corrected chi connectivity index (χ0v) is 11.4. The number of aliphatic hydroxyl groups is 1. The fourth-order valence-corrected chi connectivity index (χ4v) is 3.02. The Kier molecular flexibility index (Phi) is 4.91. The lowest BCUT2D eigenvalue weighted by Gasteiger charge is -2.36. The summed E-state index contributed by atoms with van der Waals surface area (Å²) >= 11 is 0. The Bertz CT molecular complexity index is 413. The monoisotopic (exact) mass is 266 g/mol. The number of nitrogens with two attached hydrogens (primary N) is 1. The van der Waals surface area contributed by atoms with Crippen LogP contribution in [0.25, 0.3) is 0 Å². The molecule has 1 aromatic carbocycles. The lowest BCUT2D eigenvalue weighted by atomic mass is 9.95. The summed E-state index contributed by atoms with van der Waals surface area (Å²) in [6.07, 6.45) is 2.88. The molecule has 3 nitrogen and oxygen atoms in total. The second-order valence-corrected chi connectivity index (χ2v) is 5.29. The summed E-state index contributed by atoms with van der Waals surface area (Å²) in [4.78, 5) is 2.24. The van der Waals surface area contributed by atoms with Gasteiger partial charge in [0.05, 0.1) is 12.6 Å². The van der Waals surface area contributed by atoms with Crippen molar-refractivity contribution in [3.05, 3.63) is 35.6 Å². The highest BCUT2D eigenvalue weighted by atomic mass is 19.1. The third kappa shape index (κ3) is 3.14. The number of benzene rings is 1. The molecule has 3 atom stereocenters. The van der Waals surface area contributed by atoms with E-state index in [1.165, 1.54) is 6.07 Å². The molecule has 1 fully saturated rings. The van der Waals surface area contributed by atoms with Gasteiger partial charge in [-0.1, -0.05) is 19.1 Å². The summed E-state index contributed by atoms with van der Waals surface area (Å²) < 4.78 is 13.5. The van der Waals surface area contributed by atoms with E-state index in [1.807, 2.05) is 13.0 Å². The SMILES string of the molecule is CCC(N)C(c1cccc(F)c1)N1CCCC1CO. The van der Waals surface area contributed by atoms with Gasteiger partial charge in [-0.15, -0.1) is 0 Å². The summed E-state index contributed by atoms with van der Waals surface area (Å²) in [6.45, 7) is 3.10. The third-order valence-corrected chi connectivity index (χ3v) is 4.06. The minimum Gasteiger partial charge on any atom is -0.395 e. The zero-order valence-electron chi connectivity index (χ0n) is 11.4. The smallest absolute Gasteiger partial charge is 0.123 e. The summed E-state index contributed by atoms with van der Waals surface area (Å²) in [5, 5.41) is 9.48. The topological polar surface area (TPSA) is 49.5 Å². The molecule has 4 heteroatoms. The minimum atomic E-state index is -0.231. The molecule has 0 saturated carbocycles. The summed E-state index contributed by atoms with van der Waals surface area (Å²) in [6, 6.07) is 6.75. The molecule has 0 aromatic heterocycles. The van der Waals surface area contributed by atoms with Gasteiger partial charge in [-0.3, -0.25) is 4.90 Å². The standard InChI is InChI=1S/C15H23FN2O/c1-2-14(17)15(11-5-3-6-12(16)9-11)18-8-4-7-13(18)10-19/h3,5-6,9,13-15,19H,2,4,7-8,10,17H2,1H3. The van der Waals surface area contributed by atoms with E-state index in [9.17, 15) is 9.50 Å². The summed E-state index contributed by atoms with van der Waals surface area (Å²) in [5.74, 6) is -0.231. The highest BCUT2D eigenvalue weighted by Crippen LogP contribution is 2.32. The van der Waals surface area contributed by atoms with Gasteiger partial charge < -0.3 is 10.8 Å². The van der Waals surface area contributed by atoms with Crippen molar-refractivity contribution in [1.82, 2.24) is 4.90 Å². The van der Waals surface area contributed by atoms with E-state index in [0.29, 0.717) is 0 Å². The normalized spacial score (nSPS) is 23.5. The maximum atomic E-state index is 13.5. The first-order valence-electron chi connectivity index (χ1n) is 7.05. The second kappa shape index (κ2) is 6.46. The van der Waals surface area contributed by atoms with Crippen molar-refractivity contribution < 1.29 is 9.50 Å². The Hall–Kier alpha value is -0.970. The Morgan fingerprint density at radius 3 is 2.95 bits per heavy atom. The average Bonchev–Trinajstić information content (AvgIpc) is 2.87. The number of nitrogens with zero attached hydrogens (tertiary/aromatic N) is 1. The van der Waals surface area contributed by atoms with Crippen LogP contribution in [-0.4, -0.2) is 35.2 Å². The molecule has 0 spiro atoms. The van der Waals surface area contributed by atoms with Crippen LogP contribution in [0.4, 0.5) is 4.39 Å². The van der Waals surface area contributed by atoms with Gasteiger partial charge in [0.25, 0.3) is 0 Å². The van der Waals surface area contributed by atoms with Crippen LogP contribution in [0.5, 0.6) is 0 Å². The fourth-order valence-electron chi connectivity index (χ4n) is 3.02. The molecule has 0 radical (unpaired) electrons. The minimum absolute atomic E-state index is 0.0136. The fraction of sp³-hybridized carbons (Fsp3) is 0.600. The van der Waals surface area contributed by atoms with E-state index in [-0.39, 0.29) is 30.5 Å². The number of halogens is 1. The first-order chi connectivity index (χ1) is 9.17. The van der Waals surface area contributed by atoms with Crippen molar-refractivity contribution >= 4 is 0 Å². The molecule has 1 aliphatic rings. The predicted octanol–water partition coefficient (Wildman–Crippen LogP) is 2.06. The number of rotatable bonds is 5. The van der Waals surface area contributed by atoms with Gasteiger partial charge in [-0.05, 0) is 43.5 Å². The van der Waals surface area contributed by atoms with Crippen molar-refractivity contribution in [3.63, 3.8) is 0 Å². The number of hydrogen-bond acceptors (Lipinski definition) is 3. The molecule has 19 heavy (non-hydrogen) atoms. The number of likely N-dealkylation sites (tertiary alicyclic amines) is 1. The van der Waals surface area contributed by atoms with E-state index in [0.717, 1.165) is 31.4 Å². The van der Waals surface area contributed by atoms with Gasteiger partial charge in [-0.2, -0.15) is 0 Å². The van der Waals surface area contributed by atoms with Crippen LogP contribution in [0.2, 0.25) is 0 Å². The highest BCUT2D eigenvalue weighted by molar-refractivity contribution is 5.22. The number of aliphatic hydroxyl groups excluding tert-OH is 1. The average molecular weight is 266 g/mol. The first-order valence-corrected chi connectivity index (χ1v) is 7.05. The van der Waals surface area contributed by atoms with Crippen LogP contribution in [0.3, 0.4) is 0 Å². The molecule has 1 saturated heterocycles. The van der Waals surface area contributed by atoms with Crippen LogP contribution < -0.4 is 5.73 Å². The van der Waals surface area contributed by atoms with E-state index >= 15 is 0 Å². The second-order valence-electron chi connectivity index (χ2n) is 5.29. The van der Waals surface area contributed by atoms with Crippen molar-refractivity contribution in [2.75, 3.05) is 13.2 Å².